The predicted molar refractivity (Wildman–Crippen MR) is 67.5 cm³/mol. The first-order valence-corrected chi connectivity index (χ1v) is 5.72. The topological polar surface area (TPSA) is 42.7 Å². The molecule has 0 fully saturated rings. The molecule has 0 unspecified atom stereocenters. The van der Waals surface area contributed by atoms with Crippen LogP contribution in [0, 0.1) is 5.82 Å². The van der Waals surface area contributed by atoms with Gasteiger partial charge in [0.1, 0.15) is 11.6 Å². The van der Waals surface area contributed by atoms with Crippen LogP contribution in [0.15, 0.2) is 41.2 Å². The Hall–Kier alpha value is -2.30. The van der Waals surface area contributed by atoms with Gasteiger partial charge in [-0.1, -0.05) is 0 Å². The van der Waals surface area contributed by atoms with E-state index in [1.54, 1.807) is 25.4 Å². The van der Waals surface area contributed by atoms with E-state index < -0.39 is 5.82 Å². The highest BCUT2D eigenvalue weighted by Gasteiger charge is 2.17. The number of hydrogen-bond acceptors (Lipinski definition) is 3. The molecule has 1 aromatic carbocycles. The summed E-state index contributed by atoms with van der Waals surface area (Å²) in [4.78, 5) is 13.5. The third-order valence-electron chi connectivity index (χ3n) is 2.75. The van der Waals surface area contributed by atoms with Crippen molar-refractivity contribution in [2.75, 3.05) is 14.2 Å². The van der Waals surface area contributed by atoms with Gasteiger partial charge in [0.25, 0.3) is 5.91 Å². The van der Waals surface area contributed by atoms with Gasteiger partial charge in [0.15, 0.2) is 0 Å². The Morgan fingerprint density at radius 1 is 1.42 bits per heavy atom. The van der Waals surface area contributed by atoms with Gasteiger partial charge < -0.3 is 14.1 Å². The van der Waals surface area contributed by atoms with Crippen LogP contribution < -0.4 is 4.74 Å². The zero-order chi connectivity index (χ0) is 13.8. The third-order valence-corrected chi connectivity index (χ3v) is 2.75. The molecule has 5 heteroatoms. The number of nitrogens with zero attached hydrogens (tertiary/aromatic N) is 1. The fraction of sp³-hybridized carbons (Fsp3) is 0.214. The van der Waals surface area contributed by atoms with Gasteiger partial charge in [0.2, 0.25) is 0 Å². The Balaban J connectivity index is 2.14. The van der Waals surface area contributed by atoms with Crippen molar-refractivity contribution in [3.8, 4) is 5.75 Å². The highest BCUT2D eigenvalue weighted by atomic mass is 19.1. The molecule has 1 aromatic heterocycles. The van der Waals surface area contributed by atoms with Gasteiger partial charge in [-0.25, -0.2) is 4.39 Å². The van der Waals surface area contributed by atoms with Gasteiger partial charge in [-0.05, 0) is 18.2 Å². The first-order chi connectivity index (χ1) is 9.11. The Morgan fingerprint density at radius 3 is 2.79 bits per heavy atom. The standard InChI is InChI=1S/C14H14FNO3/c1-16(8-10-5-6-19-9-10)14(17)12-4-3-11(18-2)7-13(12)15/h3-7,9H,8H2,1-2H3. The maximum Gasteiger partial charge on any atom is 0.256 e. The maximum absolute atomic E-state index is 13.8. The van der Waals surface area contributed by atoms with Crippen molar-refractivity contribution < 1.29 is 18.3 Å². The van der Waals surface area contributed by atoms with E-state index >= 15 is 0 Å². The minimum Gasteiger partial charge on any atom is -0.497 e. The minimum atomic E-state index is -0.594. The monoisotopic (exact) mass is 263 g/mol. The molecular formula is C14H14FNO3. The average Bonchev–Trinajstić information content (AvgIpc) is 2.90. The van der Waals surface area contributed by atoms with Gasteiger partial charge >= 0.3 is 0 Å². The van der Waals surface area contributed by atoms with Gasteiger partial charge in [-0.15, -0.1) is 0 Å². The molecule has 0 bridgehead atoms. The summed E-state index contributed by atoms with van der Waals surface area (Å²) in [6, 6.07) is 5.93. The molecule has 0 saturated heterocycles. The molecular weight excluding hydrogens is 249 g/mol. The van der Waals surface area contributed by atoms with Crippen molar-refractivity contribution in [2.24, 2.45) is 0 Å². The zero-order valence-electron chi connectivity index (χ0n) is 10.7. The molecule has 19 heavy (non-hydrogen) atoms. The number of hydrogen-bond donors (Lipinski definition) is 0. The molecule has 0 atom stereocenters. The van der Waals surface area contributed by atoms with E-state index in [1.165, 1.54) is 30.4 Å². The van der Waals surface area contributed by atoms with E-state index in [0.29, 0.717) is 12.3 Å². The summed E-state index contributed by atoms with van der Waals surface area (Å²) in [5, 5.41) is 0. The quantitative estimate of drug-likeness (QED) is 0.851. The van der Waals surface area contributed by atoms with E-state index in [-0.39, 0.29) is 11.5 Å². The van der Waals surface area contributed by atoms with Crippen LogP contribution in [-0.2, 0) is 6.54 Å². The first kappa shape index (κ1) is 13.1. The molecule has 1 amide bonds. The second-order valence-corrected chi connectivity index (χ2v) is 4.14. The van der Waals surface area contributed by atoms with Crippen molar-refractivity contribution in [3.63, 3.8) is 0 Å². The van der Waals surface area contributed by atoms with Crippen molar-refractivity contribution in [1.82, 2.24) is 4.90 Å². The van der Waals surface area contributed by atoms with Crippen molar-refractivity contribution >= 4 is 5.91 Å². The molecule has 0 aliphatic rings. The largest absolute Gasteiger partial charge is 0.497 e. The highest BCUT2D eigenvalue weighted by Crippen LogP contribution is 2.18. The smallest absolute Gasteiger partial charge is 0.256 e. The molecule has 0 spiro atoms. The highest BCUT2D eigenvalue weighted by molar-refractivity contribution is 5.94. The number of ether oxygens (including phenoxy) is 1. The number of carbonyl (C=O) groups is 1. The lowest BCUT2D eigenvalue weighted by molar-refractivity contribution is 0.0780. The van der Waals surface area contributed by atoms with E-state index in [0.717, 1.165) is 5.56 Å². The number of carbonyl (C=O) groups excluding carboxylic acids is 1. The number of benzene rings is 1. The van der Waals surface area contributed by atoms with Crippen LogP contribution in [0.3, 0.4) is 0 Å². The van der Waals surface area contributed by atoms with Crippen LogP contribution in [0.25, 0.3) is 0 Å². The molecule has 0 saturated carbocycles. The van der Waals surface area contributed by atoms with Crippen LogP contribution in [0.1, 0.15) is 15.9 Å². The Kier molecular flexibility index (Phi) is 3.85. The summed E-state index contributed by atoms with van der Waals surface area (Å²) in [7, 11) is 3.06. The molecule has 0 aliphatic carbocycles. The summed E-state index contributed by atoms with van der Waals surface area (Å²) in [6.07, 6.45) is 3.08. The fourth-order valence-electron chi connectivity index (χ4n) is 1.73. The number of furan rings is 1. The summed E-state index contributed by atoms with van der Waals surface area (Å²) in [5.41, 5.74) is 0.872. The molecule has 2 rings (SSSR count). The fourth-order valence-corrected chi connectivity index (χ4v) is 1.73. The minimum absolute atomic E-state index is 0.0202. The van der Waals surface area contributed by atoms with Crippen LogP contribution in [0.2, 0.25) is 0 Å². The predicted octanol–water partition coefficient (Wildman–Crippen LogP) is 2.70. The molecule has 0 N–H and O–H groups in total. The Labute approximate surface area is 110 Å². The lowest BCUT2D eigenvalue weighted by atomic mass is 10.1. The zero-order valence-corrected chi connectivity index (χ0v) is 10.7. The Morgan fingerprint density at radius 2 is 2.21 bits per heavy atom. The van der Waals surface area contributed by atoms with E-state index in [1.807, 2.05) is 0 Å². The second kappa shape index (κ2) is 5.56. The SMILES string of the molecule is COc1ccc(C(=O)N(C)Cc2ccoc2)c(F)c1. The van der Waals surface area contributed by atoms with Gasteiger partial charge in [0, 0.05) is 25.2 Å². The lowest BCUT2D eigenvalue weighted by Gasteiger charge is -2.16. The van der Waals surface area contributed by atoms with E-state index in [4.69, 9.17) is 9.15 Å². The summed E-state index contributed by atoms with van der Waals surface area (Å²) < 4.78 is 23.6. The second-order valence-electron chi connectivity index (χ2n) is 4.14. The van der Waals surface area contributed by atoms with Crippen molar-refractivity contribution in [3.05, 3.63) is 53.7 Å². The van der Waals surface area contributed by atoms with Crippen LogP contribution in [0.5, 0.6) is 5.75 Å². The maximum atomic E-state index is 13.8. The number of amides is 1. The van der Waals surface area contributed by atoms with Crippen molar-refractivity contribution in [1.29, 1.82) is 0 Å². The molecule has 100 valence electrons. The summed E-state index contributed by atoms with van der Waals surface area (Å²) >= 11 is 0. The number of rotatable bonds is 4. The van der Waals surface area contributed by atoms with Gasteiger partial charge in [-0.3, -0.25) is 4.79 Å². The van der Waals surface area contributed by atoms with Crippen LogP contribution in [0.4, 0.5) is 4.39 Å². The normalized spacial score (nSPS) is 10.3. The first-order valence-electron chi connectivity index (χ1n) is 5.72. The Bertz CT molecular complexity index is 566. The number of halogens is 1. The average molecular weight is 263 g/mol. The molecule has 0 aliphatic heterocycles. The van der Waals surface area contributed by atoms with E-state index in [9.17, 15) is 9.18 Å². The molecule has 4 nitrogen and oxygen atoms in total. The summed E-state index contributed by atoms with van der Waals surface area (Å²) in [5.74, 6) is -0.601. The lowest BCUT2D eigenvalue weighted by Crippen LogP contribution is -2.26. The van der Waals surface area contributed by atoms with E-state index in [2.05, 4.69) is 0 Å². The molecule has 0 radical (unpaired) electrons. The van der Waals surface area contributed by atoms with Crippen molar-refractivity contribution in [2.45, 2.75) is 6.54 Å². The molecule has 2 aromatic rings. The van der Waals surface area contributed by atoms with Gasteiger partial charge in [-0.2, -0.15) is 0 Å². The van der Waals surface area contributed by atoms with Crippen LogP contribution >= 0.6 is 0 Å². The third kappa shape index (κ3) is 2.93. The van der Waals surface area contributed by atoms with Gasteiger partial charge in [0.05, 0.1) is 25.2 Å². The number of methoxy groups -OCH3 is 1. The summed E-state index contributed by atoms with van der Waals surface area (Å²) in [6.45, 7) is 0.362. The molecule has 1 heterocycles. The van der Waals surface area contributed by atoms with Crippen LogP contribution in [-0.4, -0.2) is 25.0 Å².